The summed E-state index contributed by atoms with van der Waals surface area (Å²) in [6.45, 7) is 7.17. The van der Waals surface area contributed by atoms with Crippen molar-refractivity contribution in [1.29, 1.82) is 0 Å². The lowest BCUT2D eigenvalue weighted by atomic mass is 10.0. The second kappa shape index (κ2) is 7.92. The van der Waals surface area contributed by atoms with Gasteiger partial charge in [-0.05, 0) is 45.2 Å². The molecule has 0 saturated heterocycles. The zero-order valence-corrected chi connectivity index (χ0v) is 10.5. The third-order valence-electron chi connectivity index (χ3n) is 3.30. The molecule has 1 heteroatoms. The van der Waals surface area contributed by atoms with Gasteiger partial charge in [0.1, 0.15) is 0 Å². The van der Waals surface area contributed by atoms with Gasteiger partial charge < -0.3 is 0 Å². The van der Waals surface area contributed by atoms with Gasteiger partial charge in [0.25, 0.3) is 0 Å². The van der Waals surface area contributed by atoms with Crippen LogP contribution in [-0.2, 0) is 0 Å². The van der Waals surface area contributed by atoms with Gasteiger partial charge in [-0.1, -0.05) is 38.8 Å². The summed E-state index contributed by atoms with van der Waals surface area (Å²) >= 11 is 0. The van der Waals surface area contributed by atoms with E-state index in [0.717, 1.165) is 6.04 Å². The van der Waals surface area contributed by atoms with Crippen molar-refractivity contribution in [2.75, 3.05) is 13.1 Å². The Hall–Kier alpha value is -0.300. The Balaban J connectivity index is 2.38. The van der Waals surface area contributed by atoms with Gasteiger partial charge in [-0.15, -0.1) is 0 Å². The second-order valence-corrected chi connectivity index (χ2v) is 4.67. The quantitative estimate of drug-likeness (QED) is 0.573. The summed E-state index contributed by atoms with van der Waals surface area (Å²) in [5.41, 5.74) is 0. The molecule has 0 saturated carbocycles. The average molecular weight is 209 g/mol. The van der Waals surface area contributed by atoms with Crippen LogP contribution in [0, 0.1) is 0 Å². The lowest BCUT2D eigenvalue weighted by Crippen LogP contribution is -2.36. The molecule has 0 unspecified atom stereocenters. The first-order valence-electron chi connectivity index (χ1n) is 6.79. The van der Waals surface area contributed by atoms with Crippen LogP contribution in [0.1, 0.15) is 58.8 Å². The van der Waals surface area contributed by atoms with Crippen molar-refractivity contribution in [1.82, 2.24) is 4.90 Å². The Morgan fingerprint density at radius 3 is 2.27 bits per heavy atom. The minimum absolute atomic E-state index is 0.747. The zero-order valence-electron chi connectivity index (χ0n) is 10.5. The molecule has 0 bridgehead atoms. The third-order valence-corrected chi connectivity index (χ3v) is 3.30. The summed E-state index contributed by atoms with van der Waals surface area (Å²) in [4.78, 5) is 2.70. The smallest absolute Gasteiger partial charge is 0.0278 e. The van der Waals surface area contributed by atoms with Crippen LogP contribution >= 0.6 is 0 Å². The Bertz CT molecular complexity index is 166. The largest absolute Gasteiger partial charge is 0.297 e. The van der Waals surface area contributed by atoms with E-state index in [2.05, 4.69) is 30.9 Å². The van der Waals surface area contributed by atoms with Gasteiger partial charge in [0, 0.05) is 6.04 Å². The normalized spacial score (nSPS) is 21.1. The maximum atomic E-state index is 2.70. The Morgan fingerprint density at radius 1 is 1.13 bits per heavy atom. The van der Waals surface area contributed by atoms with Gasteiger partial charge >= 0.3 is 0 Å². The van der Waals surface area contributed by atoms with Crippen LogP contribution in [0.2, 0.25) is 0 Å². The fourth-order valence-corrected chi connectivity index (χ4v) is 2.26. The highest BCUT2D eigenvalue weighted by molar-refractivity contribution is 4.98. The molecule has 0 aliphatic heterocycles. The molecule has 1 aliphatic rings. The molecular formula is C14H27N. The van der Waals surface area contributed by atoms with E-state index < -0.39 is 0 Å². The molecule has 1 rings (SSSR count). The molecule has 15 heavy (non-hydrogen) atoms. The van der Waals surface area contributed by atoms with Crippen molar-refractivity contribution in [3.63, 3.8) is 0 Å². The van der Waals surface area contributed by atoms with E-state index in [0.29, 0.717) is 0 Å². The fraction of sp³-hybridized carbons (Fsp3) is 0.857. The molecule has 0 aromatic rings. The van der Waals surface area contributed by atoms with Crippen LogP contribution in [0.15, 0.2) is 12.2 Å². The predicted octanol–water partition coefficient (Wildman–Crippen LogP) is 4.00. The first-order valence-corrected chi connectivity index (χ1v) is 6.79. The summed E-state index contributed by atoms with van der Waals surface area (Å²) in [7, 11) is 0. The van der Waals surface area contributed by atoms with Crippen LogP contribution in [-0.4, -0.2) is 24.0 Å². The van der Waals surface area contributed by atoms with Crippen LogP contribution in [0.25, 0.3) is 0 Å². The van der Waals surface area contributed by atoms with E-state index in [1.54, 1.807) is 0 Å². The molecular weight excluding hydrogens is 182 g/mol. The van der Waals surface area contributed by atoms with E-state index in [4.69, 9.17) is 0 Å². The highest BCUT2D eigenvalue weighted by Crippen LogP contribution is 2.17. The number of hydrogen-bond acceptors (Lipinski definition) is 1. The van der Waals surface area contributed by atoms with Crippen molar-refractivity contribution < 1.29 is 0 Å². The third kappa shape index (κ3) is 4.83. The topological polar surface area (TPSA) is 3.24 Å². The Kier molecular flexibility index (Phi) is 6.74. The van der Waals surface area contributed by atoms with E-state index in [1.807, 2.05) is 0 Å². The Morgan fingerprint density at radius 2 is 1.80 bits per heavy atom. The lowest BCUT2D eigenvalue weighted by Gasteiger charge is -2.31. The minimum atomic E-state index is 0.747. The first kappa shape index (κ1) is 12.8. The molecule has 0 aromatic heterocycles. The molecule has 0 spiro atoms. The first-order chi connectivity index (χ1) is 7.38. The highest BCUT2D eigenvalue weighted by Gasteiger charge is 2.16. The molecule has 88 valence electrons. The number of allylic oxidation sites excluding steroid dienone is 1. The van der Waals surface area contributed by atoms with Gasteiger partial charge in [-0.25, -0.2) is 0 Å². The van der Waals surface area contributed by atoms with Gasteiger partial charge in [-0.3, -0.25) is 4.90 Å². The number of nitrogens with zero attached hydrogens (tertiary/aromatic N) is 1. The van der Waals surface area contributed by atoms with Crippen molar-refractivity contribution >= 4 is 0 Å². The van der Waals surface area contributed by atoms with Crippen molar-refractivity contribution in [3.05, 3.63) is 12.2 Å². The number of hydrogen-bond donors (Lipinski definition) is 0. The number of rotatable bonds is 7. The second-order valence-electron chi connectivity index (χ2n) is 4.67. The van der Waals surface area contributed by atoms with Gasteiger partial charge in [0.2, 0.25) is 0 Å². The summed E-state index contributed by atoms with van der Waals surface area (Å²) in [6.07, 6.45) is 14.2. The van der Waals surface area contributed by atoms with Gasteiger partial charge in [0.15, 0.2) is 0 Å². The maximum absolute atomic E-state index is 2.70. The summed E-state index contributed by atoms with van der Waals surface area (Å²) < 4.78 is 0. The molecule has 0 radical (unpaired) electrons. The summed E-state index contributed by atoms with van der Waals surface area (Å²) in [6, 6.07) is 0.747. The van der Waals surface area contributed by atoms with Gasteiger partial charge in [-0.2, -0.15) is 0 Å². The maximum Gasteiger partial charge on any atom is 0.0278 e. The minimum Gasteiger partial charge on any atom is -0.297 e. The molecule has 0 heterocycles. The van der Waals surface area contributed by atoms with E-state index in [9.17, 15) is 0 Å². The summed E-state index contributed by atoms with van der Waals surface area (Å²) in [5, 5.41) is 0. The molecule has 1 aliphatic carbocycles. The predicted molar refractivity (Wildman–Crippen MR) is 68.2 cm³/mol. The highest BCUT2D eigenvalue weighted by atomic mass is 15.1. The molecule has 1 atom stereocenters. The monoisotopic (exact) mass is 209 g/mol. The Labute approximate surface area is 95.5 Å². The van der Waals surface area contributed by atoms with Crippen LogP contribution in [0.3, 0.4) is 0 Å². The SMILES string of the molecule is CCCCN(CCCC)[C@@H]1C=CCCC1. The summed E-state index contributed by atoms with van der Waals surface area (Å²) in [5.74, 6) is 0. The van der Waals surface area contributed by atoms with E-state index in [-0.39, 0.29) is 0 Å². The fourth-order valence-electron chi connectivity index (χ4n) is 2.26. The molecule has 0 N–H and O–H groups in total. The molecule has 1 nitrogen and oxygen atoms in total. The average Bonchev–Trinajstić information content (AvgIpc) is 2.30. The van der Waals surface area contributed by atoms with E-state index >= 15 is 0 Å². The lowest BCUT2D eigenvalue weighted by molar-refractivity contribution is 0.207. The van der Waals surface area contributed by atoms with Gasteiger partial charge in [0.05, 0.1) is 0 Å². The van der Waals surface area contributed by atoms with Crippen LogP contribution in [0.5, 0.6) is 0 Å². The molecule has 0 amide bonds. The van der Waals surface area contributed by atoms with Crippen molar-refractivity contribution in [2.45, 2.75) is 64.8 Å². The van der Waals surface area contributed by atoms with Crippen LogP contribution < -0.4 is 0 Å². The van der Waals surface area contributed by atoms with Crippen LogP contribution in [0.4, 0.5) is 0 Å². The zero-order chi connectivity index (χ0) is 10.9. The van der Waals surface area contributed by atoms with Crippen molar-refractivity contribution in [2.24, 2.45) is 0 Å². The number of unbranched alkanes of at least 4 members (excludes halogenated alkanes) is 2. The molecule has 0 aromatic carbocycles. The van der Waals surface area contributed by atoms with E-state index in [1.165, 1.54) is 58.0 Å². The standard InChI is InChI=1S/C14H27N/c1-3-5-12-15(13-6-4-2)14-10-8-7-9-11-14/h8,10,14H,3-7,9,11-13H2,1-2H3/t14-/m1/s1. The molecule has 0 fully saturated rings. The van der Waals surface area contributed by atoms with Crippen molar-refractivity contribution in [3.8, 4) is 0 Å².